The van der Waals surface area contributed by atoms with Crippen molar-refractivity contribution in [2.24, 2.45) is 0 Å². The number of ether oxygens (including phenoxy) is 1. The minimum atomic E-state index is -3.40. The molecule has 1 aliphatic carbocycles. The lowest BCUT2D eigenvalue weighted by molar-refractivity contribution is 0.0472. The number of alkyl carbamates (subject to hydrolysis) is 1. The van der Waals surface area contributed by atoms with Gasteiger partial charge >= 0.3 is 6.09 Å². The highest BCUT2D eigenvalue weighted by molar-refractivity contribution is 7.86. The smallest absolute Gasteiger partial charge is 0.407 e. The van der Waals surface area contributed by atoms with Gasteiger partial charge in [0.1, 0.15) is 5.60 Å². The molecule has 1 amide bonds. The van der Waals surface area contributed by atoms with Crippen LogP contribution in [0.2, 0.25) is 0 Å². The van der Waals surface area contributed by atoms with Gasteiger partial charge in [-0.25, -0.2) is 4.79 Å². The van der Waals surface area contributed by atoms with Gasteiger partial charge < -0.3 is 10.1 Å². The monoisotopic (exact) mass is 307 g/mol. The highest BCUT2D eigenvalue weighted by Gasteiger charge is 2.27. The van der Waals surface area contributed by atoms with E-state index in [4.69, 9.17) is 8.92 Å². The van der Waals surface area contributed by atoms with Crippen molar-refractivity contribution in [3.05, 3.63) is 0 Å². The van der Waals surface area contributed by atoms with Crippen molar-refractivity contribution in [1.29, 1.82) is 0 Å². The molecule has 1 rings (SSSR count). The van der Waals surface area contributed by atoms with Crippen LogP contribution >= 0.6 is 0 Å². The van der Waals surface area contributed by atoms with Gasteiger partial charge in [0.25, 0.3) is 10.1 Å². The molecule has 0 unspecified atom stereocenters. The molecule has 0 bridgehead atoms. The Kier molecular flexibility index (Phi) is 5.82. The Labute approximate surface area is 121 Å². The van der Waals surface area contributed by atoms with Crippen molar-refractivity contribution >= 4 is 16.2 Å². The summed E-state index contributed by atoms with van der Waals surface area (Å²) in [6, 6.07) is 0.0223. The van der Waals surface area contributed by atoms with Crippen molar-refractivity contribution in [2.45, 2.75) is 71.1 Å². The summed E-state index contributed by atoms with van der Waals surface area (Å²) in [6.45, 7) is 7.00. The van der Waals surface area contributed by atoms with E-state index in [-0.39, 0.29) is 17.9 Å². The topological polar surface area (TPSA) is 81.7 Å². The average Bonchev–Trinajstić information content (AvgIpc) is 2.29. The van der Waals surface area contributed by atoms with Crippen molar-refractivity contribution in [1.82, 2.24) is 5.32 Å². The maximum Gasteiger partial charge on any atom is 0.407 e. The SMILES string of the molecule is CCS(=O)(=O)OC1CCC(NC(=O)OC(C)(C)C)CC1. The number of amides is 1. The highest BCUT2D eigenvalue weighted by atomic mass is 32.2. The van der Waals surface area contributed by atoms with Gasteiger partial charge in [0.15, 0.2) is 0 Å². The summed E-state index contributed by atoms with van der Waals surface area (Å²) in [4.78, 5) is 11.6. The first-order chi connectivity index (χ1) is 9.11. The molecule has 0 aromatic heterocycles. The van der Waals surface area contributed by atoms with Crippen LogP contribution in [0.4, 0.5) is 4.79 Å². The van der Waals surface area contributed by atoms with Crippen LogP contribution in [0, 0.1) is 0 Å². The van der Waals surface area contributed by atoms with E-state index in [1.54, 1.807) is 6.92 Å². The summed E-state index contributed by atoms with van der Waals surface area (Å²) in [5, 5.41) is 2.81. The second-order valence-corrected chi connectivity index (χ2v) is 7.95. The number of rotatable bonds is 4. The number of carbonyl (C=O) groups excluding carboxylic acids is 1. The van der Waals surface area contributed by atoms with E-state index in [2.05, 4.69) is 5.32 Å². The van der Waals surface area contributed by atoms with Crippen LogP contribution in [0.15, 0.2) is 0 Å². The predicted molar refractivity (Wildman–Crippen MR) is 76.0 cm³/mol. The minimum absolute atomic E-state index is 0.0108. The van der Waals surface area contributed by atoms with Gasteiger partial charge in [-0.3, -0.25) is 4.18 Å². The van der Waals surface area contributed by atoms with E-state index in [9.17, 15) is 13.2 Å². The van der Waals surface area contributed by atoms with Crippen LogP contribution in [0.3, 0.4) is 0 Å². The lowest BCUT2D eigenvalue weighted by Crippen LogP contribution is -2.42. The van der Waals surface area contributed by atoms with Crippen molar-refractivity contribution < 1.29 is 22.1 Å². The van der Waals surface area contributed by atoms with Crippen molar-refractivity contribution in [3.8, 4) is 0 Å². The fourth-order valence-electron chi connectivity index (χ4n) is 2.05. The van der Waals surface area contributed by atoms with Gasteiger partial charge in [0, 0.05) is 6.04 Å². The van der Waals surface area contributed by atoms with Gasteiger partial charge in [-0.05, 0) is 53.4 Å². The summed E-state index contributed by atoms with van der Waals surface area (Å²) < 4.78 is 33.0. The van der Waals surface area contributed by atoms with Crippen LogP contribution in [0.1, 0.15) is 53.4 Å². The fraction of sp³-hybridized carbons (Fsp3) is 0.923. The molecule has 118 valence electrons. The largest absolute Gasteiger partial charge is 0.444 e. The first-order valence-electron chi connectivity index (χ1n) is 7.02. The molecule has 6 nitrogen and oxygen atoms in total. The van der Waals surface area contributed by atoms with Crippen LogP contribution in [0.5, 0.6) is 0 Å². The molecule has 20 heavy (non-hydrogen) atoms. The second-order valence-electron chi connectivity index (χ2n) is 6.06. The lowest BCUT2D eigenvalue weighted by atomic mass is 9.93. The normalized spacial score (nSPS) is 24.2. The van der Waals surface area contributed by atoms with E-state index in [1.807, 2.05) is 20.8 Å². The number of hydrogen-bond acceptors (Lipinski definition) is 5. The average molecular weight is 307 g/mol. The van der Waals surface area contributed by atoms with E-state index in [0.717, 1.165) is 0 Å². The molecule has 1 fully saturated rings. The van der Waals surface area contributed by atoms with Gasteiger partial charge in [-0.15, -0.1) is 0 Å². The zero-order valence-corrected chi connectivity index (χ0v) is 13.5. The predicted octanol–water partition coefficient (Wildman–Crippen LogP) is 2.19. The Bertz CT molecular complexity index is 419. The van der Waals surface area contributed by atoms with Gasteiger partial charge in [0.2, 0.25) is 0 Å². The van der Waals surface area contributed by atoms with E-state index >= 15 is 0 Å². The number of carbonyl (C=O) groups is 1. The fourth-order valence-corrected chi connectivity index (χ4v) is 2.80. The zero-order valence-electron chi connectivity index (χ0n) is 12.6. The molecule has 0 atom stereocenters. The Balaban J connectivity index is 2.34. The molecule has 0 heterocycles. The summed E-state index contributed by atoms with van der Waals surface area (Å²) in [5.41, 5.74) is -0.514. The molecule has 7 heteroatoms. The molecule has 1 N–H and O–H groups in total. The van der Waals surface area contributed by atoms with E-state index in [0.29, 0.717) is 25.7 Å². The third kappa shape index (κ3) is 6.56. The summed E-state index contributed by atoms with van der Waals surface area (Å²) in [6.07, 6.45) is 1.95. The molecule has 1 saturated carbocycles. The van der Waals surface area contributed by atoms with Crippen LogP contribution in [-0.4, -0.2) is 38.0 Å². The number of hydrogen-bond donors (Lipinski definition) is 1. The van der Waals surface area contributed by atoms with Gasteiger partial charge in [0.05, 0.1) is 11.9 Å². The summed E-state index contributed by atoms with van der Waals surface area (Å²) >= 11 is 0. The van der Waals surface area contributed by atoms with Gasteiger partial charge in [-0.1, -0.05) is 0 Å². The Hall–Kier alpha value is -0.820. The molecular formula is C13H25NO5S. The Morgan fingerprint density at radius 1 is 1.20 bits per heavy atom. The zero-order chi connectivity index (χ0) is 15.4. The molecule has 0 aromatic rings. The first kappa shape index (κ1) is 17.2. The quantitative estimate of drug-likeness (QED) is 0.805. The minimum Gasteiger partial charge on any atom is -0.444 e. The van der Waals surface area contributed by atoms with E-state index < -0.39 is 21.8 Å². The molecule has 0 aromatic carbocycles. The standard InChI is InChI=1S/C13H25NO5S/c1-5-20(16,17)19-11-8-6-10(7-9-11)14-12(15)18-13(2,3)4/h10-11H,5-9H2,1-4H3,(H,14,15). The molecule has 1 aliphatic rings. The molecular weight excluding hydrogens is 282 g/mol. The summed E-state index contributed by atoms with van der Waals surface area (Å²) in [5.74, 6) is -0.0108. The van der Waals surface area contributed by atoms with Crippen LogP contribution in [-0.2, 0) is 19.0 Å². The third-order valence-corrected chi connectivity index (χ3v) is 4.30. The van der Waals surface area contributed by atoms with E-state index in [1.165, 1.54) is 0 Å². The molecule has 0 saturated heterocycles. The Morgan fingerprint density at radius 2 is 1.75 bits per heavy atom. The van der Waals surface area contributed by atoms with Crippen molar-refractivity contribution in [2.75, 3.05) is 5.75 Å². The molecule has 0 spiro atoms. The number of nitrogens with one attached hydrogen (secondary N) is 1. The lowest BCUT2D eigenvalue weighted by Gasteiger charge is -2.29. The summed E-state index contributed by atoms with van der Waals surface area (Å²) in [7, 11) is -3.40. The van der Waals surface area contributed by atoms with Gasteiger partial charge in [-0.2, -0.15) is 8.42 Å². The Morgan fingerprint density at radius 3 is 2.20 bits per heavy atom. The maximum absolute atomic E-state index is 11.6. The second kappa shape index (κ2) is 6.76. The maximum atomic E-state index is 11.6. The first-order valence-corrected chi connectivity index (χ1v) is 8.59. The highest BCUT2D eigenvalue weighted by Crippen LogP contribution is 2.23. The molecule has 0 radical (unpaired) electrons. The van der Waals surface area contributed by atoms with Crippen LogP contribution in [0.25, 0.3) is 0 Å². The van der Waals surface area contributed by atoms with Crippen molar-refractivity contribution in [3.63, 3.8) is 0 Å². The molecule has 0 aliphatic heterocycles. The third-order valence-electron chi connectivity index (χ3n) is 3.03. The van der Waals surface area contributed by atoms with Crippen LogP contribution < -0.4 is 5.32 Å².